The predicted octanol–water partition coefficient (Wildman–Crippen LogP) is 5.57. The van der Waals surface area contributed by atoms with E-state index in [-0.39, 0.29) is 11.7 Å². The maximum Gasteiger partial charge on any atom is 0.119 e. The molecule has 0 aliphatic heterocycles. The third-order valence-electron chi connectivity index (χ3n) is 4.95. The highest BCUT2D eigenvalue weighted by Gasteiger charge is 2.20. The number of hydrogen-bond acceptors (Lipinski definition) is 3. The summed E-state index contributed by atoms with van der Waals surface area (Å²) in [6.45, 7) is 3.60. The van der Waals surface area contributed by atoms with Crippen LogP contribution in [0.5, 0.6) is 11.5 Å². The van der Waals surface area contributed by atoms with Gasteiger partial charge in [0.2, 0.25) is 0 Å². The van der Waals surface area contributed by atoms with Gasteiger partial charge >= 0.3 is 0 Å². The molecular weight excluding hydrogens is 358 g/mol. The maximum absolute atomic E-state index is 10.1. The molecule has 3 nitrogen and oxygen atoms in total. The molecule has 0 radical (unpaired) electrons. The molecule has 0 aliphatic rings. The van der Waals surface area contributed by atoms with Crippen LogP contribution in [0.15, 0.2) is 84.9 Å². The van der Waals surface area contributed by atoms with Gasteiger partial charge in [-0.15, -0.1) is 0 Å². The van der Waals surface area contributed by atoms with Gasteiger partial charge in [-0.1, -0.05) is 60.7 Å². The van der Waals surface area contributed by atoms with Crippen LogP contribution in [0.4, 0.5) is 0 Å². The molecule has 3 heteroatoms. The number of allylic oxidation sites excluding steroid dienone is 2. The Bertz CT molecular complexity index is 930. The van der Waals surface area contributed by atoms with Gasteiger partial charge in [-0.3, -0.25) is 0 Å². The summed E-state index contributed by atoms with van der Waals surface area (Å²) in [5, 5.41) is 10.1. The van der Waals surface area contributed by atoms with Crippen LogP contribution in [0.25, 0.3) is 5.57 Å². The number of phenolic OH excluding ortho intramolecular Hbond substituents is 1. The van der Waals surface area contributed by atoms with Crippen molar-refractivity contribution in [3.63, 3.8) is 0 Å². The molecule has 0 spiro atoms. The molecule has 3 rings (SSSR count). The molecule has 3 aromatic rings. The van der Waals surface area contributed by atoms with Crippen molar-refractivity contribution in [3.05, 3.63) is 102 Å². The first kappa shape index (κ1) is 20.7. The van der Waals surface area contributed by atoms with Crippen LogP contribution < -0.4 is 4.74 Å². The number of hydrogen-bond donors (Lipinski definition) is 1. The monoisotopic (exact) mass is 387 g/mol. The molecule has 0 fully saturated rings. The Morgan fingerprint density at radius 2 is 1.66 bits per heavy atom. The summed E-state index contributed by atoms with van der Waals surface area (Å²) in [5.41, 5.74) is 4.60. The van der Waals surface area contributed by atoms with Crippen LogP contribution in [-0.2, 0) is 0 Å². The molecule has 29 heavy (non-hydrogen) atoms. The highest BCUT2D eigenvalue weighted by atomic mass is 16.5. The number of ether oxygens (including phenoxy) is 1. The van der Waals surface area contributed by atoms with E-state index in [9.17, 15) is 5.11 Å². The van der Waals surface area contributed by atoms with Gasteiger partial charge < -0.3 is 14.7 Å². The Balaban J connectivity index is 1.95. The van der Waals surface area contributed by atoms with Crippen molar-refractivity contribution in [1.29, 1.82) is 0 Å². The number of likely N-dealkylation sites (N-methyl/N-ethyl adjacent to an activating group) is 1. The van der Waals surface area contributed by atoms with Gasteiger partial charge in [0, 0.05) is 12.5 Å². The Labute approximate surface area is 173 Å². The molecule has 0 amide bonds. The quantitative estimate of drug-likeness (QED) is 0.549. The van der Waals surface area contributed by atoms with Crippen molar-refractivity contribution in [2.24, 2.45) is 0 Å². The average molecular weight is 388 g/mol. The molecule has 1 N–H and O–H groups in total. The standard InChI is InChI=1S/C26H29NO2/c1-4-25(20-9-6-5-7-10-20)26(22-11-8-12-23(28)19-22)21-13-15-24(16-14-21)29-18-17-27(2)3/h4-16,19,26,28H,17-18H2,1-3H3. The third-order valence-corrected chi connectivity index (χ3v) is 4.95. The molecule has 0 aliphatic carbocycles. The number of benzene rings is 3. The zero-order chi connectivity index (χ0) is 20.6. The third kappa shape index (κ3) is 5.49. The van der Waals surface area contributed by atoms with E-state index in [4.69, 9.17) is 4.74 Å². The lowest BCUT2D eigenvalue weighted by molar-refractivity contribution is 0.261. The predicted molar refractivity (Wildman–Crippen MR) is 121 cm³/mol. The van der Waals surface area contributed by atoms with E-state index in [1.807, 2.05) is 44.4 Å². The van der Waals surface area contributed by atoms with E-state index in [2.05, 4.69) is 60.4 Å². The zero-order valence-corrected chi connectivity index (χ0v) is 17.4. The van der Waals surface area contributed by atoms with Crippen LogP contribution in [0.3, 0.4) is 0 Å². The van der Waals surface area contributed by atoms with Gasteiger partial charge in [-0.05, 0) is 67.5 Å². The highest BCUT2D eigenvalue weighted by Crippen LogP contribution is 2.39. The lowest BCUT2D eigenvalue weighted by Crippen LogP contribution is -2.19. The lowest BCUT2D eigenvalue weighted by atomic mass is 9.81. The van der Waals surface area contributed by atoms with Crippen LogP contribution in [0.2, 0.25) is 0 Å². The second-order valence-corrected chi connectivity index (χ2v) is 7.36. The smallest absolute Gasteiger partial charge is 0.119 e. The molecule has 150 valence electrons. The Hall–Kier alpha value is -3.04. The second-order valence-electron chi connectivity index (χ2n) is 7.36. The number of nitrogens with zero attached hydrogens (tertiary/aromatic N) is 1. The first-order valence-corrected chi connectivity index (χ1v) is 9.96. The summed E-state index contributed by atoms with van der Waals surface area (Å²) in [4.78, 5) is 2.10. The maximum atomic E-state index is 10.1. The minimum atomic E-state index is 0.0188. The summed E-state index contributed by atoms with van der Waals surface area (Å²) in [6.07, 6.45) is 2.16. The summed E-state index contributed by atoms with van der Waals surface area (Å²) in [6, 6.07) is 26.2. The van der Waals surface area contributed by atoms with E-state index in [0.29, 0.717) is 6.61 Å². The van der Waals surface area contributed by atoms with Crippen LogP contribution >= 0.6 is 0 Å². The number of rotatable bonds is 8. The zero-order valence-electron chi connectivity index (χ0n) is 17.4. The summed E-state index contributed by atoms with van der Waals surface area (Å²) in [5.74, 6) is 1.16. The highest BCUT2D eigenvalue weighted by molar-refractivity contribution is 5.75. The molecule has 3 aromatic carbocycles. The first-order chi connectivity index (χ1) is 14.1. The fourth-order valence-electron chi connectivity index (χ4n) is 3.49. The summed E-state index contributed by atoms with van der Waals surface area (Å²) < 4.78 is 5.85. The molecule has 0 saturated heterocycles. The molecular formula is C26H29NO2. The molecule has 0 heterocycles. The SMILES string of the molecule is CC=C(c1ccccc1)C(c1ccc(OCCN(C)C)cc1)c1cccc(O)c1. The van der Waals surface area contributed by atoms with Gasteiger partial charge in [0.15, 0.2) is 0 Å². The van der Waals surface area contributed by atoms with Crippen molar-refractivity contribution < 1.29 is 9.84 Å². The van der Waals surface area contributed by atoms with E-state index in [1.165, 1.54) is 11.1 Å². The molecule has 0 saturated carbocycles. The summed E-state index contributed by atoms with van der Waals surface area (Å²) in [7, 11) is 4.07. The van der Waals surface area contributed by atoms with Crippen LogP contribution in [0.1, 0.15) is 29.5 Å². The molecule has 1 unspecified atom stereocenters. The van der Waals surface area contributed by atoms with Crippen molar-refractivity contribution in [1.82, 2.24) is 4.90 Å². The van der Waals surface area contributed by atoms with Gasteiger partial charge in [0.05, 0.1) is 0 Å². The molecule has 1 atom stereocenters. The largest absolute Gasteiger partial charge is 0.508 e. The Kier molecular flexibility index (Phi) is 7.09. The van der Waals surface area contributed by atoms with E-state index < -0.39 is 0 Å². The van der Waals surface area contributed by atoms with Gasteiger partial charge in [-0.25, -0.2) is 0 Å². The number of aromatic hydroxyl groups is 1. The van der Waals surface area contributed by atoms with Crippen LogP contribution in [0, 0.1) is 0 Å². The van der Waals surface area contributed by atoms with Crippen LogP contribution in [-0.4, -0.2) is 37.3 Å². The minimum absolute atomic E-state index is 0.0188. The molecule has 0 bridgehead atoms. The van der Waals surface area contributed by atoms with E-state index in [0.717, 1.165) is 23.4 Å². The Morgan fingerprint density at radius 3 is 2.28 bits per heavy atom. The van der Waals surface area contributed by atoms with Gasteiger partial charge in [0.25, 0.3) is 0 Å². The molecule has 0 aromatic heterocycles. The number of phenols is 1. The first-order valence-electron chi connectivity index (χ1n) is 9.96. The fraction of sp³-hybridized carbons (Fsp3) is 0.231. The van der Waals surface area contributed by atoms with Gasteiger partial charge in [0.1, 0.15) is 18.1 Å². The average Bonchev–Trinajstić information content (AvgIpc) is 2.73. The van der Waals surface area contributed by atoms with E-state index >= 15 is 0 Å². The van der Waals surface area contributed by atoms with Crippen molar-refractivity contribution in [2.75, 3.05) is 27.2 Å². The minimum Gasteiger partial charge on any atom is -0.508 e. The van der Waals surface area contributed by atoms with Crippen molar-refractivity contribution >= 4 is 5.57 Å². The second kappa shape index (κ2) is 9.94. The normalized spacial score (nSPS) is 12.8. The Morgan fingerprint density at radius 1 is 0.931 bits per heavy atom. The lowest BCUT2D eigenvalue weighted by Gasteiger charge is -2.23. The van der Waals surface area contributed by atoms with Gasteiger partial charge in [-0.2, -0.15) is 0 Å². The fourth-order valence-corrected chi connectivity index (χ4v) is 3.49. The van der Waals surface area contributed by atoms with Crippen molar-refractivity contribution in [2.45, 2.75) is 12.8 Å². The van der Waals surface area contributed by atoms with E-state index in [1.54, 1.807) is 6.07 Å². The topological polar surface area (TPSA) is 32.7 Å². The summed E-state index contributed by atoms with van der Waals surface area (Å²) >= 11 is 0. The van der Waals surface area contributed by atoms with Crippen molar-refractivity contribution in [3.8, 4) is 11.5 Å².